The van der Waals surface area contributed by atoms with Crippen LogP contribution in [0.1, 0.15) is 40.5 Å². The van der Waals surface area contributed by atoms with Crippen LogP contribution in [0.5, 0.6) is 0 Å². The summed E-state index contributed by atoms with van der Waals surface area (Å²) in [5, 5.41) is 0. The molecule has 2 rings (SSSR count). The Morgan fingerprint density at radius 3 is 2.25 bits per heavy atom. The Morgan fingerprint density at radius 1 is 1.12 bits per heavy atom. The van der Waals surface area contributed by atoms with Gasteiger partial charge in [-0.2, -0.15) is 0 Å². The van der Waals surface area contributed by atoms with Gasteiger partial charge in [-0.1, -0.05) is 33.8 Å². The van der Waals surface area contributed by atoms with Gasteiger partial charge in [0.15, 0.2) is 5.79 Å². The average Bonchev–Trinajstić information content (AvgIpc) is 2.19. The Bertz CT molecular complexity index is 308. The van der Waals surface area contributed by atoms with Gasteiger partial charge in [0.05, 0.1) is 13.2 Å². The van der Waals surface area contributed by atoms with E-state index in [4.69, 9.17) is 9.47 Å². The molecular weight excluding hydrogens is 315 g/mol. The smallest absolute Gasteiger partial charge is 0.178 e. The summed E-state index contributed by atoms with van der Waals surface area (Å²) in [6.45, 7) is 10.4. The molecule has 0 aromatic rings. The van der Waals surface area contributed by atoms with Crippen LogP contribution >= 0.6 is 22.6 Å². The van der Waals surface area contributed by atoms with E-state index in [0.29, 0.717) is 0 Å². The highest BCUT2D eigenvalue weighted by molar-refractivity contribution is 14.1. The van der Waals surface area contributed by atoms with Gasteiger partial charge in [0, 0.05) is 17.3 Å². The van der Waals surface area contributed by atoms with Crippen molar-refractivity contribution in [1.29, 1.82) is 0 Å². The van der Waals surface area contributed by atoms with E-state index in [0.717, 1.165) is 26.1 Å². The van der Waals surface area contributed by atoms with Crippen LogP contribution in [0.15, 0.2) is 9.66 Å². The van der Waals surface area contributed by atoms with Gasteiger partial charge in [-0.15, -0.1) is 0 Å². The third-order valence-electron chi connectivity index (χ3n) is 3.74. The summed E-state index contributed by atoms with van der Waals surface area (Å²) < 4.78 is 13.6. The Morgan fingerprint density at radius 2 is 1.69 bits per heavy atom. The van der Waals surface area contributed by atoms with Crippen molar-refractivity contribution in [2.24, 2.45) is 10.8 Å². The second-order valence-electron chi connectivity index (χ2n) is 6.21. The molecule has 0 unspecified atom stereocenters. The molecule has 0 saturated carbocycles. The lowest BCUT2D eigenvalue weighted by Gasteiger charge is -2.53. The summed E-state index contributed by atoms with van der Waals surface area (Å²) in [7, 11) is 0. The van der Waals surface area contributed by atoms with Gasteiger partial charge < -0.3 is 9.47 Å². The molecule has 1 aliphatic carbocycles. The van der Waals surface area contributed by atoms with E-state index >= 15 is 0 Å². The highest BCUT2D eigenvalue weighted by Gasteiger charge is 2.53. The first kappa shape index (κ1) is 12.8. The number of halogens is 1. The Balaban J connectivity index is 2.24. The second kappa shape index (κ2) is 3.95. The maximum absolute atomic E-state index is 6.14. The maximum atomic E-state index is 6.14. The standard InChI is InChI=1S/C13H21IO2/c1-11(2)8-15-13(16-9-11)7-5-6-10(14)12(13,3)4/h6H,5,7-9H2,1-4H3. The van der Waals surface area contributed by atoms with Crippen LogP contribution in [0.25, 0.3) is 0 Å². The minimum atomic E-state index is -0.395. The highest BCUT2D eigenvalue weighted by atomic mass is 127. The lowest BCUT2D eigenvalue weighted by Crippen LogP contribution is -2.57. The van der Waals surface area contributed by atoms with Gasteiger partial charge in [0.25, 0.3) is 0 Å². The van der Waals surface area contributed by atoms with Crippen LogP contribution in [0, 0.1) is 10.8 Å². The van der Waals surface area contributed by atoms with Gasteiger partial charge in [-0.25, -0.2) is 0 Å². The predicted octanol–water partition coefficient (Wildman–Crippen LogP) is 3.89. The summed E-state index contributed by atoms with van der Waals surface area (Å²) in [5.41, 5.74) is 0.121. The van der Waals surface area contributed by atoms with E-state index in [1.807, 2.05) is 0 Å². The molecule has 2 nitrogen and oxygen atoms in total. The summed E-state index contributed by atoms with van der Waals surface area (Å²) in [5.74, 6) is -0.395. The normalized spacial score (nSPS) is 31.2. The molecule has 1 heterocycles. The Hall–Kier alpha value is 0.390. The number of ether oxygens (including phenoxy) is 2. The van der Waals surface area contributed by atoms with Crippen molar-refractivity contribution in [3.05, 3.63) is 9.66 Å². The minimum Gasteiger partial charge on any atom is -0.348 e. The highest BCUT2D eigenvalue weighted by Crippen LogP contribution is 2.52. The summed E-state index contributed by atoms with van der Waals surface area (Å²) >= 11 is 2.42. The molecule has 0 bridgehead atoms. The van der Waals surface area contributed by atoms with Crippen LogP contribution in [-0.2, 0) is 9.47 Å². The van der Waals surface area contributed by atoms with Gasteiger partial charge in [-0.05, 0) is 32.6 Å². The second-order valence-corrected chi connectivity index (χ2v) is 7.37. The molecule has 16 heavy (non-hydrogen) atoms. The van der Waals surface area contributed by atoms with Crippen molar-refractivity contribution in [2.75, 3.05) is 13.2 Å². The van der Waals surface area contributed by atoms with E-state index in [-0.39, 0.29) is 10.8 Å². The maximum Gasteiger partial charge on any atom is 0.178 e. The first-order chi connectivity index (χ1) is 7.29. The molecule has 1 aliphatic heterocycles. The first-order valence-electron chi connectivity index (χ1n) is 5.93. The van der Waals surface area contributed by atoms with E-state index in [1.54, 1.807) is 0 Å². The lowest BCUT2D eigenvalue weighted by molar-refractivity contribution is -0.338. The monoisotopic (exact) mass is 336 g/mol. The zero-order chi connectivity index (χ0) is 12.0. The number of allylic oxidation sites excluding steroid dienone is 1. The fourth-order valence-electron chi connectivity index (χ4n) is 2.35. The van der Waals surface area contributed by atoms with Crippen LogP contribution in [0.4, 0.5) is 0 Å². The minimum absolute atomic E-state index is 0.0255. The van der Waals surface area contributed by atoms with E-state index in [9.17, 15) is 0 Å². The van der Waals surface area contributed by atoms with Crippen LogP contribution in [-0.4, -0.2) is 19.0 Å². The molecule has 0 aromatic heterocycles. The molecular formula is C13H21IO2. The van der Waals surface area contributed by atoms with Crippen molar-refractivity contribution in [3.63, 3.8) is 0 Å². The van der Waals surface area contributed by atoms with Gasteiger partial charge in [-0.3, -0.25) is 0 Å². The van der Waals surface area contributed by atoms with Crippen molar-refractivity contribution in [1.82, 2.24) is 0 Å². The number of hydrogen-bond donors (Lipinski definition) is 0. The molecule has 3 heteroatoms. The van der Waals surface area contributed by atoms with Crippen LogP contribution in [0.2, 0.25) is 0 Å². The Kier molecular flexibility index (Phi) is 3.17. The first-order valence-corrected chi connectivity index (χ1v) is 7.01. The number of hydrogen-bond acceptors (Lipinski definition) is 2. The zero-order valence-electron chi connectivity index (χ0n) is 10.6. The largest absolute Gasteiger partial charge is 0.348 e. The van der Waals surface area contributed by atoms with Gasteiger partial charge >= 0.3 is 0 Å². The molecule has 0 N–H and O–H groups in total. The zero-order valence-corrected chi connectivity index (χ0v) is 12.8. The molecule has 1 fully saturated rings. The molecule has 0 atom stereocenters. The SMILES string of the molecule is CC1(C)COC2(CCC=C(I)C2(C)C)OC1. The molecule has 92 valence electrons. The van der Waals surface area contributed by atoms with E-state index in [1.165, 1.54) is 3.58 Å². The quantitative estimate of drug-likeness (QED) is 0.625. The predicted molar refractivity (Wildman–Crippen MR) is 73.5 cm³/mol. The molecule has 1 saturated heterocycles. The third-order valence-corrected chi connectivity index (χ3v) is 5.53. The summed E-state index contributed by atoms with van der Waals surface area (Å²) in [4.78, 5) is 0. The fraction of sp³-hybridized carbons (Fsp3) is 0.846. The van der Waals surface area contributed by atoms with Crippen molar-refractivity contribution in [2.45, 2.75) is 46.3 Å². The summed E-state index contributed by atoms with van der Waals surface area (Å²) in [6.07, 6.45) is 4.34. The van der Waals surface area contributed by atoms with Gasteiger partial charge in [0.2, 0.25) is 0 Å². The topological polar surface area (TPSA) is 18.5 Å². The molecule has 0 aromatic carbocycles. The van der Waals surface area contributed by atoms with Crippen molar-refractivity contribution in [3.8, 4) is 0 Å². The van der Waals surface area contributed by atoms with Crippen molar-refractivity contribution >= 4 is 22.6 Å². The molecule has 2 aliphatic rings. The summed E-state index contributed by atoms with van der Waals surface area (Å²) in [6, 6.07) is 0. The molecule has 0 amide bonds. The average molecular weight is 336 g/mol. The van der Waals surface area contributed by atoms with Crippen LogP contribution in [0.3, 0.4) is 0 Å². The van der Waals surface area contributed by atoms with E-state index in [2.05, 4.69) is 56.4 Å². The number of rotatable bonds is 0. The Labute approximate surface area is 112 Å². The van der Waals surface area contributed by atoms with E-state index < -0.39 is 5.79 Å². The lowest BCUT2D eigenvalue weighted by atomic mass is 9.75. The van der Waals surface area contributed by atoms with Crippen LogP contribution < -0.4 is 0 Å². The molecule has 0 radical (unpaired) electrons. The third kappa shape index (κ3) is 1.95. The van der Waals surface area contributed by atoms with Crippen molar-refractivity contribution < 1.29 is 9.47 Å². The van der Waals surface area contributed by atoms with Gasteiger partial charge in [0.1, 0.15) is 0 Å². The molecule has 1 spiro atoms. The fourth-order valence-corrected chi connectivity index (χ4v) is 3.07.